The van der Waals surface area contributed by atoms with E-state index in [1.54, 1.807) is 7.11 Å². The molecule has 2 N–H and O–H groups in total. The molecule has 0 spiro atoms. The van der Waals surface area contributed by atoms with Gasteiger partial charge < -0.3 is 14.6 Å². The van der Waals surface area contributed by atoms with E-state index < -0.39 is 23.7 Å². The molecule has 0 aliphatic heterocycles. The molecule has 5 heteroatoms. The van der Waals surface area contributed by atoms with Gasteiger partial charge in [-0.3, -0.25) is 5.32 Å². The third-order valence-electron chi connectivity index (χ3n) is 4.39. The zero-order valence-electron chi connectivity index (χ0n) is 17.1. The lowest BCUT2D eigenvalue weighted by Gasteiger charge is -2.37. The molecule has 0 unspecified atom stereocenters. The Hall–Kier alpha value is -2.21. The Balaban J connectivity index is 2.41. The molecule has 0 aromatic heterocycles. The predicted octanol–water partition coefficient (Wildman–Crippen LogP) is 3.28. The topological polar surface area (TPSA) is 67.8 Å². The number of esters is 1. The Morgan fingerprint density at radius 3 is 2.11 bits per heavy atom. The van der Waals surface area contributed by atoms with Crippen molar-refractivity contribution in [3.8, 4) is 0 Å². The number of hydrogen-bond donors (Lipinski definition) is 2. The van der Waals surface area contributed by atoms with Gasteiger partial charge in [0.05, 0.1) is 19.3 Å². The van der Waals surface area contributed by atoms with Crippen LogP contribution in [0, 0.1) is 0 Å². The van der Waals surface area contributed by atoms with Crippen LogP contribution < -0.4 is 5.32 Å². The number of nitrogens with one attached hydrogen (secondary N) is 1. The first-order valence-corrected chi connectivity index (χ1v) is 9.49. The molecule has 0 aliphatic carbocycles. The second-order valence-corrected chi connectivity index (χ2v) is 7.97. The second kappa shape index (κ2) is 9.82. The molecular weight excluding hydrogens is 354 g/mol. The van der Waals surface area contributed by atoms with Crippen LogP contribution in [-0.2, 0) is 20.7 Å². The molecule has 0 radical (unpaired) electrons. The van der Waals surface area contributed by atoms with Gasteiger partial charge in [0.2, 0.25) is 0 Å². The highest BCUT2D eigenvalue weighted by Gasteiger charge is 2.43. The molecule has 0 saturated heterocycles. The van der Waals surface area contributed by atoms with Crippen LogP contribution in [0.4, 0.5) is 0 Å². The molecule has 2 rings (SSSR count). The van der Waals surface area contributed by atoms with Gasteiger partial charge in [-0.1, -0.05) is 60.7 Å². The minimum absolute atomic E-state index is 0.283. The van der Waals surface area contributed by atoms with E-state index in [2.05, 4.69) is 5.32 Å². The highest BCUT2D eigenvalue weighted by atomic mass is 16.6. The van der Waals surface area contributed by atoms with Crippen molar-refractivity contribution in [2.75, 3.05) is 20.3 Å². The van der Waals surface area contributed by atoms with Crippen LogP contribution in [0.1, 0.15) is 37.9 Å². The average Bonchev–Trinajstić information content (AvgIpc) is 2.67. The fourth-order valence-electron chi connectivity index (χ4n) is 3.08. The predicted molar refractivity (Wildman–Crippen MR) is 110 cm³/mol. The van der Waals surface area contributed by atoms with E-state index >= 15 is 0 Å². The van der Waals surface area contributed by atoms with Gasteiger partial charge in [-0.2, -0.15) is 0 Å². The van der Waals surface area contributed by atoms with Crippen LogP contribution in [0.3, 0.4) is 0 Å². The molecule has 2 aromatic carbocycles. The van der Waals surface area contributed by atoms with Crippen molar-refractivity contribution in [3.63, 3.8) is 0 Å². The Morgan fingerprint density at radius 1 is 1.04 bits per heavy atom. The van der Waals surface area contributed by atoms with E-state index in [-0.39, 0.29) is 6.04 Å². The van der Waals surface area contributed by atoms with Crippen molar-refractivity contribution in [1.29, 1.82) is 0 Å². The monoisotopic (exact) mass is 385 g/mol. The Labute approximate surface area is 167 Å². The van der Waals surface area contributed by atoms with Gasteiger partial charge in [0.1, 0.15) is 11.1 Å². The first-order valence-electron chi connectivity index (χ1n) is 9.49. The van der Waals surface area contributed by atoms with Gasteiger partial charge in [0, 0.05) is 13.5 Å². The third kappa shape index (κ3) is 6.16. The van der Waals surface area contributed by atoms with Crippen LogP contribution >= 0.6 is 0 Å². The lowest BCUT2D eigenvalue weighted by molar-refractivity contribution is -0.166. The number of ether oxygens (including phenoxy) is 2. The number of hydrogen-bond acceptors (Lipinski definition) is 5. The van der Waals surface area contributed by atoms with Gasteiger partial charge in [-0.15, -0.1) is 0 Å². The first kappa shape index (κ1) is 22.1. The normalized spacial score (nSPS) is 14.9. The van der Waals surface area contributed by atoms with Crippen LogP contribution in [0.15, 0.2) is 60.7 Å². The minimum atomic E-state index is -1.30. The van der Waals surface area contributed by atoms with Crippen LogP contribution in [0.25, 0.3) is 0 Å². The summed E-state index contributed by atoms with van der Waals surface area (Å²) in [5.41, 5.74) is -0.0644. The molecule has 0 amide bonds. The molecule has 2 aromatic rings. The smallest absolute Gasteiger partial charge is 0.329 e. The van der Waals surface area contributed by atoms with Gasteiger partial charge in [-0.25, -0.2) is 4.79 Å². The quantitative estimate of drug-likeness (QED) is 0.649. The number of benzene rings is 2. The number of carbonyl (C=O) groups is 1. The number of methoxy groups -OCH3 is 1. The van der Waals surface area contributed by atoms with Crippen molar-refractivity contribution in [3.05, 3.63) is 71.8 Å². The minimum Gasteiger partial charge on any atom is -0.459 e. The van der Waals surface area contributed by atoms with Gasteiger partial charge in [0.15, 0.2) is 0 Å². The first-order chi connectivity index (χ1) is 13.3. The maximum absolute atomic E-state index is 13.2. The lowest BCUT2D eigenvalue weighted by Crippen LogP contribution is -2.60. The standard InChI is InChI=1S/C23H31NO4/c1-22(2,3)28-21(26)23(17-25,15-18-11-7-5-8-12-18)24-20(16-27-4)19-13-9-6-10-14-19/h5-14,20,24-25H,15-17H2,1-4H3/t20-,23-/m0/s1. The molecule has 28 heavy (non-hydrogen) atoms. The largest absolute Gasteiger partial charge is 0.459 e. The van der Waals surface area contributed by atoms with Crippen molar-refractivity contribution < 1.29 is 19.4 Å². The van der Waals surface area contributed by atoms with Gasteiger partial charge in [-0.05, 0) is 31.9 Å². The number of aliphatic hydroxyl groups is 1. The Bertz CT molecular complexity index is 727. The zero-order valence-corrected chi connectivity index (χ0v) is 17.1. The van der Waals surface area contributed by atoms with Crippen LogP contribution in [-0.4, -0.2) is 42.5 Å². The lowest BCUT2D eigenvalue weighted by atomic mass is 9.89. The highest BCUT2D eigenvalue weighted by molar-refractivity contribution is 5.82. The maximum Gasteiger partial charge on any atom is 0.329 e. The molecule has 2 atom stereocenters. The molecule has 0 bridgehead atoms. The molecule has 0 aliphatic rings. The summed E-state index contributed by atoms with van der Waals surface area (Å²) < 4.78 is 11.1. The van der Waals surface area contributed by atoms with Crippen molar-refractivity contribution in [2.24, 2.45) is 0 Å². The molecular formula is C23H31NO4. The maximum atomic E-state index is 13.2. The summed E-state index contributed by atoms with van der Waals surface area (Å²) in [6, 6.07) is 19.1. The summed E-state index contributed by atoms with van der Waals surface area (Å²) in [5, 5.41) is 13.7. The summed E-state index contributed by atoms with van der Waals surface area (Å²) in [6.45, 7) is 5.41. The second-order valence-electron chi connectivity index (χ2n) is 7.97. The van der Waals surface area contributed by atoms with E-state index in [1.165, 1.54) is 0 Å². The van der Waals surface area contributed by atoms with Gasteiger partial charge >= 0.3 is 5.97 Å². The molecule has 152 valence electrons. The zero-order chi connectivity index (χ0) is 20.6. The van der Waals surface area contributed by atoms with E-state index in [1.807, 2.05) is 81.4 Å². The summed E-state index contributed by atoms with van der Waals surface area (Å²) >= 11 is 0. The fourth-order valence-corrected chi connectivity index (χ4v) is 3.08. The van der Waals surface area contributed by atoms with Crippen molar-refractivity contribution in [1.82, 2.24) is 5.32 Å². The molecule has 5 nitrogen and oxygen atoms in total. The van der Waals surface area contributed by atoms with Gasteiger partial charge in [0.25, 0.3) is 0 Å². The number of aliphatic hydroxyl groups excluding tert-OH is 1. The third-order valence-corrected chi connectivity index (χ3v) is 4.39. The van der Waals surface area contributed by atoms with Crippen molar-refractivity contribution >= 4 is 5.97 Å². The molecule has 0 saturated carbocycles. The summed E-state index contributed by atoms with van der Waals surface area (Å²) in [5.74, 6) is -0.483. The number of carbonyl (C=O) groups excluding carboxylic acids is 1. The SMILES string of the molecule is COC[C@H](N[C@](CO)(Cc1ccccc1)C(=O)OC(C)(C)C)c1ccccc1. The van der Waals surface area contributed by atoms with E-state index in [0.29, 0.717) is 13.0 Å². The van der Waals surface area contributed by atoms with E-state index in [4.69, 9.17) is 9.47 Å². The van der Waals surface area contributed by atoms with Crippen LogP contribution in [0.5, 0.6) is 0 Å². The molecule has 0 fully saturated rings. The van der Waals surface area contributed by atoms with Crippen LogP contribution in [0.2, 0.25) is 0 Å². The highest BCUT2D eigenvalue weighted by Crippen LogP contribution is 2.24. The summed E-state index contributed by atoms with van der Waals surface area (Å²) in [4.78, 5) is 13.2. The molecule has 0 heterocycles. The number of rotatable bonds is 9. The van der Waals surface area contributed by atoms with Crippen molar-refractivity contribution in [2.45, 2.75) is 44.4 Å². The average molecular weight is 386 g/mol. The summed E-state index contributed by atoms with van der Waals surface area (Å²) in [7, 11) is 1.61. The Morgan fingerprint density at radius 2 is 1.61 bits per heavy atom. The Kier molecular flexibility index (Phi) is 7.75. The fraction of sp³-hybridized carbons (Fsp3) is 0.435. The summed E-state index contributed by atoms with van der Waals surface area (Å²) in [6.07, 6.45) is 0.298. The van der Waals surface area contributed by atoms with E-state index in [0.717, 1.165) is 11.1 Å². The van der Waals surface area contributed by atoms with E-state index in [9.17, 15) is 9.90 Å².